The number of ketones is 1. The summed E-state index contributed by atoms with van der Waals surface area (Å²) in [5, 5.41) is 0. The average molecular weight is 324 g/mol. The van der Waals surface area contributed by atoms with E-state index in [1.807, 2.05) is 0 Å². The number of carbonyl (C=O) groups excluding carboxylic acids is 1. The second-order valence-corrected chi connectivity index (χ2v) is 5.18. The largest absolute Gasteiger partial charge is 0.491 e. The van der Waals surface area contributed by atoms with Gasteiger partial charge in [0.2, 0.25) is 0 Å². The zero-order chi connectivity index (χ0) is 16.3. The van der Waals surface area contributed by atoms with Crippen LogP contribution in [-0.2, 0) is 18.9 Å². The van der Waals surface area contributed by atoms with Crippen molar-refractivity contribution in [2.24, 2.45) is 0 Å². The Kier molecular flexibility index (Phi) is 8.03. The van der Waals surface area contributed by atoms with E-state index in [0.29, 0.717) is 57.9 Å². The molecule has 0 saturated carbocycles. The molecular formula is C17H24O6. The highest BCUT2D eigenvalue weighted by Gasteiger charge is 2.21. The van der Waals surface area contributed by atoms with E-state index in [0.717, 1.165) is 12.4 Å². The van der Waals surface area contributed by atoms with Gasteiger partial charge in [-0.25, -0.2) is 0 Å². The van der Waals surface area contributed by atoms with Crippen LogP contribution in [0, 0.1) is 0 Å². The van der Waals surface area contributed by atoms with Gasteiger partial charge in [-0.15, -0.1) is 0 Å². The summed E-state index contributed by atoms with van der Waals surface area (Å²) in [4.78, 5) is 11.1. The smallest absolute Gasteiger partial charge is 0.159 e. The average Bonchev–Trinajstić information content (AvgIpc) is 3.37. The molecular weight excluding hydrogens is 300 g/mol. The summed E-state index contributed by atoms with van der Waals surface area (Å²) in [6, 6.07) is 7.08. The zero-order valence-electron chi connectivity index (χ0n) is 13.5. The Hall–Kier alpha value is -1.47. The summed E-state index contributed by atoms with van der Waals surface area (Å²) in [6.07, 6.45) is 0.303. The lowest BCUT2D eigenvalue weighted by molar-refractivity contribution is 0.00708. The van der Waals surface area contributed by atoms with Gasteiger partial charge in [0.05, 0.1) is 46.2 Å². The van der Waals surface area contributed by atoms with E-state index in [1.54, 1.807) is 31.2 Å². The van der Waals surface area contributed by atoms with Gasteiger partial charge in [0.25, 0.3) is 0 Å². The summed E-state index contributed by atoms with van der Waals surface area (Å²) in [6.45, 7) is 6.18. The molecule has 0 spiro atoms. The van der Waals surface area contributed by atoms with E-state index in [2.05, 4.69) is 0 Å². The predicted molar refractivity (Wildman–Crippen MR) is 84.1 cm³/mol. The highest BCUT2D eigenvalue weighted by molar-refractivity contribution is 5.94. The number of hydrogen-bond donors (Lipinski definition) is 0. The van der Waals surface area contributed by atoms with Gasteiger partial charge in [-0.1, -0.05) is 0 Å². The number of benzene rings is 1. The maximum atomic E-state index is 11.1. The number of rotatable bonds is 13. The highest BCUT2D eigenvalue weighted by atomic mass is 16.6. The lowest BCUT2D eigenvalue weighted by Crippen LogP contribution is -2.13. The van der Waals surface area contributed by atoms with E-state index in [4.69, 9.17) is 23.7 Å². The van der Waals surface area contributed by atoms with Crippen LogP contribution < -0.4 is 4.74 Å². The summed E-state index contributed by atoms with van der Waals surface area (Å²) >= 11 is 0. The van der Waals surface area contributed by atoms with Gasteiger partial charge in [0, 0.05) is 5.56 Å². The molecule has 6 heteroatoms. The number of ether oxygens (including phenoxy) is 5. The minimum atomic E-state index is 0.0474. The molecule has 1 saturated heterocycles. The van der Waals surface area contributed by atoms with Crippen molar-refractivity contribution < 1.29 is 28.5 Å². The Bertz CT molecular complexity index is 455. The van der Waals surface area contributed by atoms with Crippen LogP contribution in [0.1, 0.15) is 17.3 Å². The first kappa shape index (κ1) is 17.9. The normalized spacial score (nSPS) is 16.3. The second kappa shape index (κ2) is 10.3. The van der Waals surface area contributed by atoms with E-state index in [-0.39, 0.29) is 5.78 Å². The lowest BCUT2D eigenvalue weighted by Gasteiger charge is -2.08. The maximum absolute atomic E-state index is 11.1. The van der Waals surface area contributed by atoms with Crippen molar-refractivity contribution in [1.29, 1.82) is 0 Å². The molecule has 1 unspecified atom stereocenters. The van der Waals surface area contributed by atoms with E-state index >= 15 is 0 Å². The molecule has 2 rings (SSSR count). The first-order chi connectivity index (χ1) is 11.3. The fourth-order valence-electron chi connectivity index (χ4n) is 1.82. The van der Waals surface area contributed by atoms with Crippen molar-refractivity contribution in [2.45, 2.75) is 13.0 Å². The summed E-state index contributed by atoms with van der Waals surface area (Å²) < 4.78 is 26.7. The van der Waals surface area contributed by atoms with Crippen LogP contribution in [0.2, 0.25) is 0 Å². The van der Waals surface area contributed by atoms with Crippen LogP contribution in [0.25, 0.3) is 0 Å². The standard InChI is InChI=1S/C17H24O6/c1-14(18)15-2-4-16(5-3-15)22-11-10-20-7-6-19-8-9-21-12-17-13-23-17/h2-5,17H,6-13H2,1H3. The molecule has 0 amide bonds. The Morgan fingerprint density at radius 3 is 2.13 bits per heavy atom. The van der Waals surface area contributed by atoms with Crippen molar-refractivity contribution >= 4 is 5.78 Å². The number of hydrogen-bond acceptors (Lipinski definition) is 6. The van der Waals surface area contributed by atoms with Gasteiger partial charge in [-0.05, 0) is 31.2 Å². The molecule has 1 aliphatic rings. The van der Waals surface area contributed by atoms with E-state index in [9.17, 15) is 4.79 Å². The highest BCUT2D eigenvalue weighted by Crippen LogP contribution is 2.12. The molecule has 0 aromatic heterocycles. The van der Waals surface area contributed by atoms with Crippen molar-refractivity contribution in [3.63, 3.8) is 0 Å². The topological polar surface area (TPSA) is 66.5 Å². The van der Waals surface area contributed by atoms with E-state index in [1.165, 1.54) is 0 Å². The minimum Gasteiger partial charge on any atom is -0.491 e. The Morgan fingerprint density at radius 1 is 1.00 bits per heavy atom. The zero-order valence-corrected chi connectivity index (χ0v) is 13.5. The predicted octanol–water partition coefficient (Wildman–Crippen LogP) is 1.72. The van der Waals surface area contributed by atoms with Gasteiger partial charge in [-0.3, -0.25) is 4.79 Å². The SMILES string of the molecule is CC(=O)c1ccc(OCCOCCOCCOCC2CO2)cc1. The molecule has 1 aliphatic heterocycles. The molecule has 0 aliphatic carbocycles. The van der Waals surface area contributed by atoms with Crippen molar-refractivity contribution in [1.82, 2.24) is 0 Å². The van der Waals surface area contributed by atoms with Crippen molar-refractivity contribution in [3.8, 4) is 5.75 Å². The van der Waals surface area contributed by atoms with Gasteiger partial charge in [0.15, 0.2) is 5.78 Å². The van der Waals surface area contributed by atoms with Crippen molar-refractivity contribution in [2.75, 3.05) is 52.9 Å². The van der Waals surface area contributed by atoms with Crippen molar-refractivity contribution in [3.05, 3.63) is 29.8 Å². The van der Waals surface area contributed by atoms with Crippen LogP contribution in [0.3, 0.4) is 0 Å². The van der Waals surface area contributed by atoms with Crippen LogP contribution in [0.5, 0.6) is 5.75 Å². The third kappa shape index (κ3) is 8.08. The molecule has 0 radical (unpaired) electrons. The van der Waals surface area contributed by atoms with Gasteiger partial charge >= 0.3 is 0 Å². The fraction of sp³-hybridized carbons (Fsp3) is 0.588. The first-order valence-corrected chi connectivity index (χ1v) is 7.84. The second-order valence-electron chi connectivity index (χ2n) is 5.18. The van der Waals surface area contributed by atoms with Gasteiger partial charge in [0.1, 0.15) is 18.5 Å². The monoisotopic (exact) mass is 324 g/mol. The quantitative estimate of drug-likeness (QED) is 0.313. The fourth-order valence-corrected chi connectivity index (χ4v) is 1.82. The molecule has 1 atom stereocenters. The Morgan fingerprint density at radius 2 is 1.57 bits per heavy atom. The first-order valence-electron chi connectivity index (χ1n) is 7.84. The summed E-state index contributed by atoms with van der Waals surface area (Å²) in [5.74, 6) is 0.776. The van der Waals surface area contributed by atoms with E-state index < -0.39 is 0 Å². The van der Waals surface area contributed by atoms with Crippen LogP contribution in [0.15, 0.2) is 24.3 Å². The van der Waals surface area contributed by atoms with Crippen LogP contribution in [-0.4, -0.2) is 64.7 Å². The third-order valence-corrected chi connectivity index (χ3v) is 3.21. The summed E-state index contributed by atoms with van der Waals surface area (Å²) in [5.41, 5.74) is 0.680. The number of Topliss-reactive ketones (excluding diaryl/α,β-unsaturated/α-hetero) is 1. The maximum Gasteiger partial charge on any atom is 0.159 e. The van der Waals surface area contributed by atoms with Gasteiger partial charge in [-0.2, -0.15) is 0 Å². The molecule has 6 nitrogen and oxygen atoms in total. The van der Waals surface area contributed by atoms with Crippen LogP contribution in [0.4, 0.5) is 0 Å². The van der Waals surface area contributed by atoms with Crippen LogP contribution >= 0.6 is 0 Å². The molecule has 0 bridgehead atoms. The number of epoxide rings is 1. The molecule has 128 valence electrons. The van der Waals surface area contributed by atoms with Gasteiger partial charge < -0.3 is 23.7 Å². The molecule has 1 aromatic rings. The molecule has 23 heavy (non-hydrogen) atoms. The third-order valence-electron chi connectivity index (χ3n) is 3.21. The Labute approximate surface area is 136 Å². The number of carbonyl (C=O) groups is 1. The molecule has 0 N–H and O–H groups in total. The summed E-state index contributed by atoms with van der Waals surface area (Å²) in [7, 11) is 0. The molecule has 1 fully saturated rings. The molecule has 1 heterocycles. The molecule has 1 aromatic carbocycles. The minimum absolute atomic E-state index is 0.0474. The Balaban J connectivity index is 1.38. The lowest BCUT2D eigenvalue weighted by atomic mass is 10.1.